The van der Waals surface area contributed by atoms with Gasteiger partial charge in [0.1, 0.15) is 16.7 Å². The maximum atomic E-state index is 14.1. The SMILES string of the molecule is CCOc1ccc(C(C(=O)NC2CCCC2)N(C(=O)c2snc(C(N)=O)c2N)c2ccccc2C)cc1. The molecule has 3 amide bonds. The van der Waals surface area contributed by atoms with Crippen molar-refractivity contribution in [3.63, 3.8) is 0 Å². The normalized spacial score (nSPS) is 14.2. The number of ether oxygens (including phenoxy) is 1. The number of benzene rings is 2. The zero-order valence-electron chi connectivity index (χ0n) is 20.9. The van der Waals surface area contributed by atoms with E-state index in [2.05, 4.69) is 9.69 Å². The number of hydrogen-bond acceptors (Lipinski definition) is 7. The molecule has 1 aliphatic carbocycles. The Morgan fingerprint density at radius 3 is 2.41 bits per heavy atom. The molecule has 0 aliphatic heterocycles. The summed E-state index contributed by atoms with van der Waals surface area (Å²) in [5, 5.41) is 3.15. The average molecular weight is 522 g/mol. The highest BCUT2D eigenvalue weighted by Gasteiger charge is 2.37. The molecule has 37 heavy (non-hydrogen) atoms. The average Bonchev–Trinajstić information content (AvgIpc) is 3.53. The van der Waals surface area contributed by atoms with E-state index in [-0.39, 0.29) is 28.2 Å². The first-order valence-electron chi connectivity index (χ1n) is 12.3. The van der Waals surface area contributed by atoms with Gasteiger partial charge in [0, 0.05) is 11.7 Å². The van der Waals surface area contributed by atoms with Crippen LogP contribution in [0.2, 0.25) is 0 Å². The topological polar surface area (TPSA) is 141 Å². The second-order valence-corrected chi connectivity index (χ2v) is 9.77. The molecule has 1 aliphatic rings. The van der Waals surface area contributed by atoms with E-state index in [4.69, 9.17) is 16.2 Å². The summed E-state index contributed by atoms with van der Waals surface area (Å²) in [5.74, 6) is -1.01. The molecular formula is C27H31N5O4S. The number of anilines is 2. The number of amides is 3. The van der Waals surface area contributed by atoms with Crippen molar-refractivity contribution in [1.82, 2.24) is 9.69 Å². The molecule has 1 aromatic heterocycles. The summed E-state index contributed by atoms with van der Waals surface area (Å²) in [6.45, 7) is 4.26. The Balaban J connectivity index is 1.85. The second-order valence-electron chi connectivity index (χ2n) is 8.99. The highest BCUT2D eigenvalue weighted by atomic mass is 32.1. The van der Waals surface area contributed by atoms with E-state index in [1.165, 1.54) is 4.90 Å². The minimum atomic E-state index is -1.01. The minimum Gasteiger partial charge on any atom is -0.494 e. The molecule has 0 radical (unpaired) electrons. The molecule has 0 spiro atoms. The van der Waals surface area contributed by atoms with Gasteiger partial charge in [-0.2, -0.15) is 4.37 Å². The quantitative estimate of drug-likeness (QED) is 0.389. The first-order valence-corrected chi connectivity index (χ1v) is 13.1. The summed E-state index contributed by atoms with van der Waals surface area (Å²) < 4.78 is 9.59. The highest BCUT2D eigenvalue weighted by Crippen LogP contribution is 2.35. The Morgan fingerprint density at radius 2 is 1.81 bits per heavy atom. The third kappa shape index (κ3) is 5.59. The monoisotopic (exact) mass is 521 g/mol. The molecule has 1 atom stereocenters. The number of primary amides is 1. The molecule has 10 heteroatoms. The summed E-state index contributed by atoms with van der Waals surface area (Å²) >= 11 is 0.789. The molecule has 3 aromatic rings. The van der Waals surface area contributed by atoms with Gasteiger partial charge < -0.3 is 21.5 Å². The van der Waals surface area contributed by atoms with E-state index in [0.717, 1.165) is 42.8 Å². The fourth-order valence-electron chi connectivity index (χ4n) is 4.62. The third-order valence-electron chi connectivity index (χ3n) is 6.46. The van der Waals surface area contributed by atoms with Gasteiger partial charge in [0.2, 0.25) is 5.91 Å². The van der Waals surface area contributed by atoms with E-state index in [1.807, 2.05) is 26.0 Å². The summed E-state index contributed by atoms with van der Waals surface area (Å²) in [7, 11) is 0. The number of rotatable bonds is 9. The van der Waals surface area contributed by atoms with Crippen LogP contribution in [0.25, 0.3) is 0 Å². The number of carbonyl (C=O) groups excluding carboxylic acids is 3. The van der Waals surface area contributed by atoms with Gasteiger partial charge in [-0.15, -0.1) is 0 Å². The number of carbonyl (C=O) groups is 3. The molecule has 5 N–H and O–H groups in total. The summed E-state index contributed by atoms with van der Waals surface area (Å²) in [4.78, 5) is 41.3. The summed E-state index contributed by atoms with van der Waals surface area (Å²) in [5.41, 5.74) is 13.2. The first kappa shape index (κ1) is 26.2. The van der Waals surface area contributed by atoms with Crippen LogP contribution >= 0.6 is 11.5 Å². The van der Waals surface area contributed by atoms with E-state index in [1.54, 1.807) is 36.4 Å². The number of nitrogen functional groups attached to an aromatic ring is 1. The zero-order chi connectivity index (χ0) is 26.5. The fourth-order valence-corrected chi connectivity index (χ4v) is 5.36. The number of nitrogens with two attached hydrogens (primary N) is 2. The van der Waals surface area contributed by atoms with Crippen LogP contribution in [-0.4, -0.2) is 34.7 Å². The molecule has 1 saturated carbocycles. The van der Waals surface area contributed by atoms with Crippen LogP contribution in [0, 0.1) is 6.92 Å². The van der Waals surface area contributed by atoms with Crippen LogP contribution in [0.3, 0.4) is 0 Å². The van der Waals surface area contributed by atoms with Crippen molar-refractivity contribution in [1.29, 1.82) is 0 Å². The van der Waals surface area contributed by atoms with E-state index in [0.29, 0.717) is 23.6 Å². The Hall–Kier alpha value is -3.92. The van der Waals surface area contributed by atoms with Crippen molar-refractivity contribution in [2.45, 2.75) is 51.6 Å². The molecule has 194 valence electrons. The van der Waals surface area contributed by atoms with Gasteiger partial charge >= 0.3 is 0 Å². The molecule has 1 unspecified atom stereocenters. The number of aromatic nitrogens is 1. The Morgan fingerprint density at radius 1 is 1.14 bits per heavy atom. The maximum absolute atomic E-state index is 14.1. The third-order valence-corrected chi connectivity index (χ3v) is 7.32. The van der Waals surface area contributed by atoms with Gasteiger partial charge in [0.15, 0.2) is 5.69 Å². The lowest BCUT2D eigenvalue weighted by Gasteiger charge is -2.33. The molecule has 0 bridgehead atoms. The summed E-state index contributed by atoms with van der Waals surface area (Å²) in [6, 6.07) is 13.5. The molecule has 4 rings (SSSR count). The maximum Gasteiger partial charge on any atom is 0.273 e. The Kier molecular flexibility index (Phi) is 8.08. The van der Waals surface area contributed by atoms with Crippen molar-refractivity contribution < 1.29 is 19.1 Å². The van der Waals surface area contributed by atoms with Crippen LogP contribution in [0.5, 0.6) is 5.75 Å². The van der Waals surface area contributed by atoms with E-state index >= 15 is 0 Å². The van der Waals surface area contributed by atoms with Crippen LogP contribution in [0.4, 0.5) is 11.4 Å². The largest absolute Gasteiger partial charge is 0.494 e. The molecule has 9 nitrogen and oxygen atoms in total. The second kappa shape index (κ2) is 11.4. The van der Waals surface area contributed by atoms with Gasteiger partial charge in [-0.3, -0.25) is 19.3 Å². The number of aryl methyl sites for hydroxylation is 1. The Bertz CT molecular complexity index is 1280. The molecule has 1 heterocycles. The lowest BCUT2D eigenvalue weighted by molar-refractivity contribution is -0.123. The molecule has 2 aromatic carbocycles. The Labute approximate surface area is 220 Å². The van der Waals surface area contributed by atoms with Crippen molar-refractivity contribution in [2.75, 3.05) is 17.2 Å². The highest BCUT2D eigenvalue weighted by molar-refractivity contribution is 7.09. The van der Waals surface area contributed by atoms with Crippen molar-refractivity contribution in [3.8, 4) is 5.75 Å². The smallest absolute Gasteiger partial charge is 0.273 e. The fraction of sp³-hybridized carbons (Fsp3) is 0.333. The number of nitrogens with zero attached hydrogens (tertiary/aromatic N) is 2. The lowest BCUT2D eigenvalue weighted by atomic mass is 10.0. The van der Waals surface area contributed by atoms with E-state index in [9.17, 15) is 14.4 Å². The minimum absolute atomic E-state index is 0.0430. The standard InChI is InChI=1S/C27H31N5O4S/c1-3-36-19-14-12-17(13-15-19)23(26(34)30-18-9-5-6-10-18)32(20-11-7-4-8-16(20)2)27(35)24-21(28)22(25(29)33)31-37-24/h4,7-8,11-15,18,23H,3,5-6,9-10,28H2,1-2H3,(H2,29,33)(H,30,34). The van der Waals surface area contributed by atoms with Gasteiger partial charge in [0.25, 0.3) is 11.8 Å². The zero-order valence-corrected chi connectivity index (χ0v) is 21.7. The number of hydrogen-bond donors (Lipinski definition) is 3. The predicted octanol–water partition coefficient (Wildman–Crippen LogP) is 3.98. The van der Waals surface area contributed by atoms with Crippen LogP contribution in [-0.2, 0) is 4.79 Å². The van der Waals surface area contributed by atoms with Crippen LogP contribution in [0.15, 0.2) is 48.5 Å². The van der Waals surface area contributed by atoms with Gasteiger partial charge in [0.05, 0.1) is 12.3 Å². The van der Waals surface area contributed by atoms with Crippen molar-refractivity contribution in [3.05, 3.63) is 70.2 Å². The van der Waals surface area contributed by atoms with Gasteiger partial charge in [-0.25, -0.2) is 0 Å². The molecular weight excluding hydrogens is 490 g/mol. The molecule has 1 fully saturated rings. The lowest BCUT2D eigenvalue weighted by Crippen LogP contribution is -2.46. The summed E-state index contributed by atoms with van der Waals surface area (Å²) in [6.07, 6.45) is 3.88. The first-order chi connectivity index (χ1) is 17.8. The van der Waals surface area contributed by atoms with Crippen molar-refractivity contribution >= 4 is 40.6 Å². The van der Waals surface area contributed by atoms with Gasteiger partial charge in [-0.1, -0.05) is 43.2 Å². The van der Waals surface area contributed by atoms with Crippen LogP contribution < -0.4 is 26.4 Å². The van der Waals surface area contributed by atoms with Crippen LogP contribution in [0.1, 0.15) is 69.9 Å². The molecule has 0 saturated heterocycles. The van der Waals surface area contributed by atoms with Crippen molar-refractivity contribution in [2.24, 2.45) is 5.73 Å². The number of para-hydroxylation sites is 1. The van der Waals surface area contributed by atoms with E-state index < -0.39 is 17.9 Å². The van der Waals surface area contributed by atoms with Gasteiger partial charge in [-0.05, 0) is 67.5 Å². The predicted molar refractivity (Wildman–Crippen MR) is 144 cm³/mol. The number of nitrogens with one attached hydrogen (secondary N) is 1.